The van der Waals surface area contributed by atoms with Gasteiger partial charge in [0.15, 0.2) is 0 Å². The first kappa shape index (κ1) is 20.5. The van der Waals surface area contributed by atoms with E-state index in [1.807, 2.05) is 24.3 Å². The van der Waals surface area contributed by atoms with Crippen molar-refractivity contribution in [3.8, 4) is 6.07 Å². The van der Waals surface area contributed by atoms with Crippen LogP contribution in [-0.2, 0) is 16.2 Å². The summed E-state index contributed by atoms with van der Waals surface area (Å²) in [6.07, 6.45) is 4.80. The predicted molar refractivity (Wildman–Crippen MR) is 99.7 cm³/mol. The van der Waals surface area contributed by atoms with E-state index in [-0.39, 0.29) is 25.6 Å². The molecule has 1 aliphatic heterocycles. The molecule has 0 saturated carbocycles. The van der Waals surface area contributed by atoms with Gasteiger partial charge in [0.25, 0.3) is 0 Å². The van der Waals surface area contributed by atoms with Crippen LogP contribution in [0.15, 0.2) is 48.2 Å². The molecule has 2 N–H and O–H groups in total. The van der Waals surface area contributed by atoms with E-state index in [0.29, 0.717) is 17.1 Å². The third-order valence-electron chi connectivity index (χ3n) is 3.68. The zero-order valence-corrected chi connectivity index (χ0v) is 15.6. The Hall–Kier alpha value is -2.86. The fourth-order valence-electron chi connectivity index (χ4n) is 2.24. The summed E-state index contributed by atoms with van der Waals surface area (Å²) in [7, 11) is 0. The average Bonchev–Trinajstić information content (AvgIpc) is 2.68. The van der Waals surface area contributed by atoms with Gasteiger partial charge in [0.1, 0.15) is 0 Å². The van der Waals surface area contributed by atoms with Gasteiger partial charge >= 0.3 is 6.03 Å². The first-order chi connectivity index (χ1) is 13.0. The highest BCUT2D eigenvalue weighted by molar-refractivity contribution is 6.31. The minimum Gasteiger partial charge on any atom is -0.294 e. The van der Waals surface area contributed by atoms with Crippen LogP contribution in [0.1, 0.15) is 12.5 Å². The maximum absolute atomic E-state index is 12.0. The van der Waals surface area contributed by atoms with Crippen LogP contribution in [0, 0.1) is 11.3 Å². The summed E-state index contributed by atoms with van der Waals surface area (Å²) in [5.74, 6) is -0.195. The number of urea groups is 1. The molecule has 0 spiro atoms. The van der Waals surface area contributed by atoms with Gasteiger partial charge in [0, 0.05) is 30.3 Å². The lowest BCUT2D eigenvalue weighted by atomic mass is 10.2. The minimum absolute atomic E-state index is 0.0827. The van der Waals surface area contributed by atoms with Gasteiger partial charge in [-0.25, -0.2) is 15.7 Å². The van der Waals surface area contributed by atoms with Crippen molar-refractivity contribution in [1.82, 2.24) is 20.8 Å². The topological polar surface area (TPSA) is 97.7 Å². The molecule has 0 atom stereocenters. The number of rotatable bonds is 7. The Morgan fingerprint density at radius 1 is 1.41 bits per heavy atom. The van der Waals surface area contributed by atoms with E-state index in [9.17, 15) is 9.59 Å². The molecule has 0 radical (unpaired) electrons. The highest BCUT2D eigenvalue weighted by atomic mass is 35.5. The van der Waals surface area contributed by atoms with Gasteiger partial charge in [0.2, 0.25) is 5.91 Å². The van der Waals surface area contributed by atoms with E-state index >= 15 is 0 Å². The van der Waals surface area contributed by atoms with Crippen molar-refractivity contribution in [1.29, 1.82) is 5.26 Å². The number of carbonyl (C=O) groups is 2. The number of nitrogens with zero attached hydrogens (tertiary/aromatic N) is 3. The molecule has 1 aromatic carbocycles. The Labute approximate surface area is 162 Å². The van der Waals surface area contributed by atoms with Crippen molar-refractivity contribution in [2.24, 2.45) is 0 Å². The lowest BCUT2D eigenvalue weighted by molar-refractivity contribution is -0.133. The molecule has 1 heterocycles. The van der Waals surface area contributed by atoms with Crippen LogP contribution in [-0.4, -0.2) is 41.5 Å². The predicted octanol–water partition coefficient (Wildman–Crippen LogP) is 2.11. The molecule has 9 heteroatoms. The SMILES string of the molecule is CC(=O)N(CCONC(=O)N1C=CC=C(C#N)C1)NCc1ccccc1Cl. The summed E-state index contributed by atoms with van der Waals surface area (Å²) in [6.45, 7) is 2.29. The molecule has 8 nitrogen and oxygen atoms in total. The quantitative estimate of drug-likeness (QED) is 0.550. The zero-order chi connectivity index (χ0) is 19.6. The third-order valence-corrected chi connectivity index (χ3v) is 4.05. The lowest BCUT2D eigenvalue weighted by Gasteiger charge is -2.23. The van der Waals surface area contributed by atoms with Crippen molar-refractivity contribution >= 4 is 23.5 Å². The number of hydrogen-bond donors (Lipinski definition) is 2. The highest BCUT2D eigenvalue weighted by Crippen LogP contribution is 2.14. The molecule has 0 fully saturated rings. The smallest absolute Gasteiger partial charge is 0.294 e. The zero-order valence-electron chi connectivity index (χ0n) is 14.8. The number of nitriles is 1. The Bertz CT molecular complexity index is 787. The second-order valence-corrected chi connectivity index (χ2v) is 6.03. The van der Waals surface area contributed by atoms with Crippen LogP contribution in [0.2, 0.25) is 5.02 Å². The summed E-state index contributed by atoms with van der Waals surface area (Å²) in [6, 6.07) is 8.84. The monoisotopic (exact) mass is 389 g/mol. The van der Waals surface area contributed by atoms with Crippen molar-refractivity contribution < 1.29 is 14.4 Å². The summed E-state index contributed by atoms with van der Waals surface area (Å²) >= 11 is 6.09. The van der Waals surface area contributed by atoms with E-state index in [0.717, 1.165) is 5.56 Å². The molecule has 0 aromatic heterocycles. The molecular weight excluding hydrogens is 370 g/mol. The van der Waals surface area contributed by atoms with Crippen LogP contribution >= 0.6 is 11.6 Å². The lowest BCUT2D eigenvalue weighted by Crippen LogP contribution is -2.44. The summed E-state index contributed by atoms with van der Waals surface area (Å²) < 4.78 is 0. The average molecular weight is 390 g/mol. The Morgan fingerprint density at radius 3 is 2.89 bits per heavy atom. The normalized spacial score (nSPS) is 12.9. The Kier molecular flexibility index (Phi) is 7.82. The van der Waals surface area contributed by atoms with Crippen LogP contribution in [0.3, 0.4) is 0 Å². The van der Waals surface area contributed by atoms with Gasteiger partial charge in [-0.3, -0.25) is 19.5 Å². The number of halogens is 1. The molecule has 0 unspecified atom stereocenters. The molecule has 1 aliphatic rings. The number of nitrogens with one attached hydrogen (secondary N) is 2. The number of allylic oxidation sites excluding steroid dienone is 2. The van der Waals surface area contributed by atoms with E-state index in [1.54, 1.807) is 24.4 Å². The first-order valence-corrected chi connectivity index (χ1v) is 8.60. The second-order valence-electron chi connectivity index (χ2n) is 5.63. The number of hydrogen-bond acceptors (Lipinski definition) is 5. The molecule has 27 heavy (non-hydrogen) atoms. The van der Waals surface area contributed by atoms with E-state index in [1.165, 1.54) is 16.8 Å². The standard InChI is InChI=1S/C18H20ClN5O3/c1-14(25)24(21-12-16-6-2-3-7-17(16)19)9-10-27-22-18(26)23-8-4-5-15(11-20)13-23/h2-8,21H,9-10,12-13H2,1H3,(H,22,26). The van der Waals surface area contributed by atoms with Crippen molar-refractivity contribution in [2.45, 2.75) is 13.5 Å². The molecule has 0 aliphatic carbocycles. The second kappa shape index (κ2) is 10.3. The summed E-state index contributed by atoms with van der Waals surface area (Å²) in [5.41, 5.74) is 6.60. The largest absolute Gasteiger partial charge is 0.345 e. The van der Waals surface area contributed by atoms with Gasteiger partial charge in [-0.1, -0.05) is 29.8 Å². The number of benzene rings is 1. The van der Waals surface area contributed by atoms with E-state index in [2.05, 4.69) is 10.9 Å². The van der Waals surface area contributed by atoms with Crippen LogP contribution < -0.4 is 10.9 Å². The fourth-order valence-corrected chi connectivity index (χ4v) is 2.45. The van der Waals surface area contributed by atoms with Gasteiger partial charge in [0.05, 0.1) is 25.8 Å². The number of amides is 3. The molecular formula is C18H20ClN5O3. The van der Waals surface area contributed by atoms with E-state index in [4.69, 9.17) is 21.7 Å². The van der Waals surface area contributed by atoms with E-state index < -0.39 is 6.03 Å². The highest BCUT2D eigenvalue weighted by Gasteiger charge is 2.15. The molecule has 142 valence electrons. The Balaban J connectivity index is 1.73. The van der Waals surface area contributed by atoms with Crippen molar-refractivity contribution in [3.63, 3.8) is 0 Å². The molecule has 3 amide bonds. The molecule has 2 rings (SSSR count). The van der Waals surface area contributed by atoms with Gasteiger partial charge in [-0.2, -0.15) is 5.26 Å². The van der Waals surface area contributed by atoms with Crippen LogP contribution in [0.5, 0.6) is 0 Å². The summed E-state index contributed by atoms with van der Waals surface area (Å²) in [5, 5.41) is 10.9. The van der Waals surface area contributed by atoms with Gasteiger partial charge in [-0.05, 0) is 23.8 Å². The van der Waals surface area contributed by atoms with Crippen LogP contribution in [0.25, 0.3) is 0 Å². The summed E-state index contributed by atoms with van der Waals surface area (Å²) in [4.78, 5) is 30.2. The molecule has 1 aromatic rings. The number of hydroxylamine groups is 1. The minimum atomic E-state index is -0.495. The maximum Gasteiger partial charge on any atom is 0.345 e. The van der Waals surface area contributed by atoms with Gasteiger partial charge in [-0.15, -0.1) is 0 Å². The van der Waals surface area contributed by atoms with Gasteiger partial charge < -0.3 is 0 Å². The first-order valence-electron chi connectivity index (χ1n) is 8.22. The van der Waals surface area contributed by atoms with Crippen LogP contribution in [0.4, 0.5) is 4.79 Å². The van der Waals surface area contributed by atoms with Crippen molar-refractivity contribution in [3.05, 3.63) is 58.8 Å². The van der Waals surface area contributed by atoms with Crippen molar-refractivity contribution in [2.75, 3.05) is 19.7 Å². The number of carbonyl (C=O) groups excluding carboxylic acids is 2. The Morgan fingerprint density at radius 2 is 2.19 bits per heavy atom. The third kappa shape index (κ3) is 6.42. The fraction of sp³-hybridized carbons (Fsp3) is 0.278. The molecule has 0 saturated heterocycles. The maximum atomic E-state index is 12.0. The molecule has 0 bridgehead atoms. The number of hydrazine groups is 1.